The molecule has 3 amide bonds. The largest absolute Gasteiger partial charge is 0.496 e. The number of thiophene rings is 1. The highest BCUT2D eigenvalue weighted by atomic mass is 32.1. The normalized spacial score (nSPS) is 13.1. The van der Waals surface area contributed by atoms with Gasteiger partial charge in [0.25, 0.3) is 0 Å². The third-order valence-corrected chi connectivity index (χ3v) is 5.01. The van der Waals surface area contributed by atoms with Crippen molar-refractivity contribution in [3.63, 3.8) is 0 Å². The number of amides is 3. The van der Waals surface area contributed by atoms with E-state index in [1.807, 2.05) is 41.8 Å². The number of hydrogen-bond acceptors (Lipinski definition) is 4. The number of carbonyl (C=O) groups excluding carboxylic acids is 2. The summed E-state index contributed by atoms with van der Waals surface area (Å²) in [4.78, 5) is 27.3. The molecular weight excluding hydrogens is 350 g/mol. The Labute approximate surface area is 157 Å². The molecular formula is C19H23N3O3S. The highest BCUT2D eigenvalue weighted by Crippen LogP contribution is 2.21. The van der Waals surface area contributed by atoms with Gasteiger partial charge in [0.05, 0.1) is 20.2 Å². The van der Waals surface area contributed by atoms with Crippen LogP contribution in [-0.4, -0.2) is 36.5 Å². The van der Waals surface area contributed by atoms with E-state index in [9.17, 15) is 9.59 Å². The summed E-state index contributed by atoms with van der Waals surface area (Å²) in [5.74, 6) is 0.617. The maximum atomic E-state index is 12.7. The van der Waals surface area contributed by atoms with E-state index >= 15 is 0 Å². The minimum absolute atomic E-state index is 0.0287. The molecule has 0 saturated heterocycles. The Hall–Kier alpha value is -2.54. The zero-order chi connectivity index (χ0) is 18.4. The third-order valence-electron chi connectivity index (χ3n) is 4.15. The molecule has 138 valence electrons. The minimum atomic E-state index is -0.283. The molecule has 6 nitrogen and oxygen atoms in total. The number of rotatable bonds is 8. The van der Waals surface area contributed by atoms with E-state index < -0.39 is 0 Å². The molecule has 1 saturated carbocycles. The van der Waals surface area contributed by atoms with Gasteiger partial charge in [-0.05, 0) is 30.4 Å². The number of para-hydroxylation sites is 1. The lowest BCUT2D eigenvalue weighted by atomic mass is 10.2. The van der Waals surface area contributed by atoms with Gasteiger partial charge < -0.3 is 20.3 Å². The predicted octanol–water partition coefficient (Wildman–Crippen LogP) is 2.75. The molecule has 0 aliphatic heterocycles. The zero-order valence-corrected chi connectivity index (χ0v) is 15.6. The second-order valence-electron chi connectivity index (χ2n) is 6.24. The summed E-state index contributed by atoms with van der Waals surface area (Å²) >= 11 is 1.61. The quantitative estimate of drug-likeness (QED) is 0.747. The Bertz CT molecular complexity index is 744. The number of urea groups is 1. The van der Waals surface area contributed by atoms with Crippen LogP contribution in [0.25, 0.3) is 0 Å². The number of methoxy groups -OCH3 is 1. The molecule has 7 heteroatoms. The smallest absolute Gasteiger partial charge is 0.315 e. The predicted molar refractivity (Wildman–Crippen MR) is 101 cm³/mol. The molecule has 26 heavy (non-hydrogen) atoms. The average molecular weight is 373 g/mol. The van der Waals surface area contributed by atoms with E-state index in [1.165, 1.54) is 0 Å². The van der Waals surface area contributed by atoms with Gasteiger partial charge in [-0.25, -0.2) is 4.79 Å². The Morgan fingerprint density at radius 3 is 2.69 bits per heavy atom. The van der Waals surface area contributed by atoms with Crippen molar-refractivity contribution in [2.45, 2.75) is 32.0 Å². The number of nitrogens with one attached hydrogen (secondary N) is 2. The number of ether oxygens (including phenoxy) is 1. The zero-order valence-electron chi connectivity index (χ0n) is 14.7. The van der Waals surface area contributed by atoms with Gasteiger partial charge in [-0.2, -0.15) is 0 Å². The van der Waals surface area contributed by atoms with Crippen molar-refractivity contribution in [2.24, 2.45) is 0 Å². The lowest BCUT2D eigenvalue weighted by molar-refractivity contribution is -0.131. The van der Waals surface area contributed by atoms with E-state index in [2.05, 4.69) is 10.6 Å². The topological polar surface area (TPSA) is 70.7 Å². The van der Waals surface area contributed by atoms with Crippen LogP contribution in [0.2, 0.25) is 0 Å². The molecule has 1 heterocycles. The summed E-state index contributed by atoms with van der Waals surface area (Å²) in [6, 6.07) is 11.6. The van der Waals surface area contributed by atoms with Crippen LogP contribution >= 0.6 is 11.3 Å². The highest BCUT2D eigenvalue weighted by Gasteiger charge is 2.24. The van der Waals surface area contributed by atoms with Crippen LogP contribution in [0.4, 0.5) is 4.79 Å². The number of benzene rings is 1. The molecule has 0 radical (unpaired) electrons. The second kappa shape index (κ2) is 8.71. The number of hydrogen-bond donors (Lipinski definition) is 2. The maximum absolute atomic E-state index is 12.7. The summed E-state index contributed by atoms with van der Waals surface area (Å²) in [6.45, 7) is 0.895. The Kier molecular flexibility index (Phi) is 6.12. The molecule has 1 fully saturated rings. The molecule has 1 aromatic heterocycles. The first kappa shape index (κ1) is 18.3. The summed E-state index contributed by atoms with van der Waals surface area (Å²) in [6.07, 6.45) is 2.03. The molecule has 2 N–H and O–H groups in total. The van der Waals surface area contributed by atoms with E-state index in [0.29, 0.717) is 13.1 Å². The first-order valence-electron chi connectivity index (χ1n) is 8.62. The van der Waals surface area contributed by atoms with Gasteiger partial charge in [0.15, 0.2) is 0 Å². The SMILES string of the molecule is COc1ccccc1CN(Cc1cccs1)C(=O)CNC(=O)NC1CC1. The van der Waals surface area contributed by atoms with Crippen molar-refractivity contribution >= 4 is 23.3 Å². The highest BCUT2D eigenvalue weighted by molar-refractivity contribution is 7.09. The first-order valence-corrected chi connectivity index (χ1v) is 9.50. The molecule has 0 atom stereocenters. The molecule has 1 aliphatic carbocycles. The van der Waals surface area contributed by atoms with E-state index in [1.54, 1.807) is 23.3 Å². The van der Waals surface area contributed by atoms with E-state index in [0.717, 1.165) is 29.0 Å². The van der Waals surface area contributed by atoms with Gasteiger partial charge in [0.2, 0.25) is 5.91 Å². The van der Waals surface area contributed by atoms with E-state index in [4.69, 9.17) is 4.74 Å². The van der Waals surface area contributed by atoms with Crippen LogP contribution in [0.3, 0.4) is 0 Å². The summed E-state index contributed by atoms with van der Waals surface area (Å²) in [7, 11) is 1.62. The molecule has 1 aromatic carbocycles. The Balaban J connectivity index is 1.65. The average Bonchev–Trinajstić information content (AvgIpc) is 3.31. The van der Waals surface area contributed by atoms with Gasteiger partial charge in [0, 0.05) is 23.0 Å². The molecule has 3 rings (SSSR count). The van der Waals surface area contributed by atoms with Crippen molar-refractivity contribution in [3.05, 3.63) is 52.2 Å². The maximum Gasteiger partial charge on any atom is 0.315 e. The summed E-state index contributed by atoms with van der Waals surface area (Å²) in [5, 5.41) is 7.47. The van der Waals surface area contributed by atoms with Crippen LogP contribution in [-0.2, 0) is 17.9 Å². The molecule has 0 spiro atoms. The van der Waals surface area contributed by atoms with Crippen LogP contribution in [0.1, 0.15) is 23.3 Å². The van der Waals surface area contributed by atoms with Gasteiger partial charge in [-0.3, -0.25) is 4.79 Å². The second-order valence-corrected chi connectivity index (χ2v) is 7.27. The number of carbonyl (C=O) groups is 2. The van der Waals surface area contributed by atoms with Gasteiger partial charge in [-0.1, -0.05) is 24.3 Å². The van der Waals surface area contributed by atoms with Crippen molar-refractivity contribution in [3.8, 4) is 5.75 Å². The Morgan fingerprint density at radius 2 is 2.00 bits per heavy atom. The molecule has 0 bridgehead atoms. The lowest BCUT2D eigenvalue weighted by Crippen LogP contribution is -2.43. The first-order chi connectivity index (χ1) is 12.7. The van der Waals surface area contributed by atoms with Gasteiger partial charge >= 0.3 is 6.03 Å². The van der Waals surface area contributed by atoms with Crippen LogP contribution in [0, 0.1) is 0 Å². The van der Waals surface area contributed by atoms with Gasteiger partial charge in [0.1, 0.15) is 5.75 Å². The van der Waals surface area contributed by atoms with Crippen LogP contribution in [0.15, 0.2) is 41.8 Å². The van der Waals surface area contributed by atoms with Crippen molar-refractivity contribution in [1.29, 1.82) is 0 Å². The summed E-state index contributed by atoms with van der Waals surface area (Å²) < 4.78 is 5.39. The van der Waals surface area contributed by atoms with E-state index in [-0.39, 0.29) is 24.5 Å². The molecule has 1 aliphatic rings. The van der Waals surface area contributed by atoms with Crippen LogP contribution < -0.4 is 15.4 Å². The molecule has 0 unspecified atom stereocenters. The fourth-order valence-corrected chi connectivity index (χ4v) is 3.31. The van der Waals surface area contributed by atoms with Gasteiger partial charge in [-0.15, -0.1) is 11.3 Å². The summed E-state index contributed by atoms with van der Waals surface area (Å²) in [5.41, 5.74) is 0.933. The monoisotopic (exact) mass is 373 g/mol. The minimum Gasteiger partial charge on any atom is -0.496 e. The number of nitrogens with zero attached hydrogens (tertiary/aromatic N) is 1. The van der Waals surface area contributed by atoms with Crippen molar-refractivity contribution < 1.29 is 14.3 Å². The third kappa shape index (κ3) is 5.23. The molecule has 2 aromatic rings. The lowest BCUT2D eigenvalue weighted by Gasteiger charge is -2.23. The van der Waals surface area contributed by atoms with Crippen molar-refractivity contribution in [1.82, 2.24) is 15.5 Å². The standard InChI is InChI=1S/C19H23N3O3S/c1-25-17-7-3-2-5-14(17)12-22(13-16-6-4-10-26-16)18(23)11-20-19(24)21-15-8-9-15/h2-7,10,15H,8-9,11-13H2,1H3,(H2,20,21,24). The Morgan fingerprint density at radius 1 is 1.19 bits per heavy atom. The fourth-order valence-electron chi connectivity index (χ4n) is 2.59. The van der Waals surface area contributed by atoms with Crippen LogP contribution in [0.5, 0.6) is 5.75 Å². The van der Waals surface area contributed by atoms with Crippen molar-refractivity contribution in [2.75, 3.05) is 13.7 Å². The fraction of sp³-hybridized carbons (Fsp3) is 0.368.